The maximum atomic E-state index is 12.1. The molecule has 1 aliphatic rings. The first-order valence-corrected chi connectivity index (χ1v) is 7.31. The van der Waals surface area contributed by atoms with Crippen LogP contribution in [0.25, 0.3) is 0 Å². The zero-order valence-electron chi connectivity index (χ0n) is 12.2. The van der Waals surface area contributed by atoms with Crippen LogP contribution in [-0.2, 0) is 9.59 Å². The van der Waals surface area contributed by atoms with Crippen molar-refractivity contribution in [2.75, 3.05) is 19.6 Å². The second kappa shape index (κ2) is 8.15. The van der Waals surface area contributed by atoms with Gasteiger partial charge in [-0.2, -0.15) is 0 Å². The molecular weight excluding hydrogens is 242 g/mol. The molecule has 0 aromatic rings. The summed E-state index contributed by atoms with van der Waals surface area (Å²) in [5.74, 6) is 0.749. The molecule has 1 fully saturated rings. The van der Waals surface area contributed by atoms with Gasteiger partial charge in [0.2, 0.25) is 11.8 Å². The number of carbonyl (C=O) groups excluding carboxylic acids is 2. The fourth-order valence-electron chi connectivity index (χ4n) is 2.67. The number of hydrogen-bond donors (Lipinski definition) is 2. The first kappa shape index (κ1) is 16.0. The summed E-state index contributed by atoms with van der Waals surface area (Å²) in [6.45, 7) is 5.78. The number of carbonyl (C=O) groups is 2. The Labute approximate surface area is 115 Å². The van der Waals surface area contributed by atoms with E-state index in [9.17, 15) is 9.59 Å². The number of nitrogens with zero attached hydrogens (tertiary/aromatic N) is 1. The van der Waals surface area contributed by atoms with E-state index in [1.54, 1.807) is 0 Å². The molecule has 1 saturated heterocycles. The highest BCUT2D eigenvalue weighted by atomic mass is 16.2. The summed E-state index contributed by atoms with van der Waals surface area (Å²) in [5, 5.41) is 2.87. The molecule has 0 aromatic heterocycles. The summed E-state index contributed by atoms with van der Waals surface area (Å²) in [4.78, 5) is 24.9. The quantitative estimate of drug-likeness (QED) is 0.720. The van der Waals surface area contributed by atoms with Crippen molar-refractivity contribution in [2.45, 2.75) is 52.0 Å². The topological polar surface area (TPSA) is 75.4 Å². The first-order chi connectivity index (χ1) is 9.06. The van der Waals surface area contributed by atoms with Gasteiger partial charge in [0, 0.05) is 32.5 Å². The summed E-state index contributed by atoms with van der Waals surface area (Å²) in [7, 11) is 0. The van der Waals surface area contributed by atoms with Crippen LogP contribution in [0.15, 0.2) is 0 Å². The molecule has 2 atom stereocenters. The van der Waals surface area contributed by atoms with E-state index in [-0.39, 0.29) is 17.9 Å². The monoisotopic (exact) mass is 269 g/mol. The number of rotatable bonds is 7. The number of likely N-dealkylation sites (tertiary alicyclic amines) is 1. The first-order valence-electron chi connectivity index (χ1n) is 7.31. The molecule has 1 aliphatic heterocycles. The molecule has 0 spiro atoms. The minimum atomic E-state index is -0.0201. The molecule has 5 heteroatoms. The van der Waals surface area contributed by atoms with Crippen molar-refractivity contribution >= 4 is 11.8 Å². The molecule has 2 unspecified atom stereocenters. The fraction of sp³-hybridized carbons (Fsp3) is 0.857. The van der Waals surface area contributed by atoms with E-state index in [2.05, 4.69) is 12.2 Å². The highest BCUT2D eigenvalue weighted by Gasteiger charge is 2.26. The molecule has 3 N–H and O–H groups in total. The van der Waals surface area contributed by atoms with E-state index < -0.39 is 0 Å². The summed E-state index contributed by atoms with van der Waals surface area (Å²) < 4.78 is 0. The zero-order valence-corrected chi connectivity index (χ0v) is 12.2. The van der Waals surface area contributed by atoms with Gasteiger partial charge >= 0.3 is 0 Å². The average Bonchev–Trinajstić information content (AvgIpc) is 2.81. The van der Waals surface area contributed by atoms with Crippen LogP contribution in [0.1, 0.15) is 46.0 Å². The van der Waals surface area contributed by atoms with Crippen LogP contribution in [0, 0.1) is 5.92 Å². The largest absolute Gasteiger partial charge is 0.352 e. The van der Waals surface area contributed by atoms with Gasteiger partial charge in [0.15, 0.2) is 0 Å². The van der Waals surface area contributed by atoms with Crippen LogP contribution in [0.5, 0.6) is 0 Å². The summed E-state index contributed by atoms with van der Waals surface area (Å²) in [5.41, 5.74) is 5.56. The van der Waals surface area contributed by atoms with Gasteiger partial charge in [0.05, 0.1) is 0 Å². The number of hydrogen-bond acceptors (Lipinski definition) is 3. The number of nitrogens with two attached hydrogens (primary N) is 1. The lowest BCUT2D eigenvalue weighted by Gasteiger charge is -2.19. The molecular formula is C14H27N3O2. The lowest BCUT2D eigenvalue weighted by Crippen LogP contribution is -2.37. The highest BCUT2D eigenvalue weighted by Crippen LogP contribution is 2.17. The molecule has 0 aromatic carbocycles. The molecule has 0 aliphatic carbocycles. The predicted molar refractivity (Wildman–Crippen MR) is 75.5 cm³/mol. The van der Waals surface area contributed by atoms with Crippen molar-refractivity contribution in [3.05, 3.63) is 0 Å². The highest BCUT2D eigenvalue weighted by molar-refractivity contribution is 5.77. The third kappa shape index (κ3) is 5.59. The van der Waals surface area contributed by atoms with E-state index in [1.165, 1.54) is 6.92 Å². The lowest BCUT2D eigenvalue weighted by atomic mass is 9.96. The third-order valence-corrected chi connectivity index (χ3v) is 3.87. The molecule has 110 valence electrons. The van der Waals surface area contributed by atoms with Gasteiger partial charge in [-0.1, -0.05) is 13.3 Å². The normalized spacial score (nSPS) is 20.4. The van der Waals surface area contributed by atoms with Crippen LogP contribution in [0.4, 0.5) is 0 Å². The van der Waals surface area contributed by atoms with Crippen molar-refractivity contribution in [1.82, 2.24) is 10.2 Å². The molecule has 0 radical (unpaired) electrons. The maximum Gasteiger partial charge on any atom is 0.222 e. The summed E-state index contributed by atoms with van der Waals surface area (Å²) in [6.07, 6.45) is 4.47. The van der Waals surface area contributed by atoms with E-state index >= 15 is 0 Å². The Hall–Kier alpha value is -1.10. The predicted octanol–water partition coefficient (Wildman–Crippen LogP) is 0.879. The SMILES string of the molecule is CCC(CCN)CCC(=O)N1CCC(NC(C)=O)C1. The molecule has 0 bridgehead atoms. The van der Waals surface area contributed by atoms with E-state index in [4.69, 9.17) is 5.73 Å². The minimum absolute atomic E-state index is 0.0201. The van der Waals surface area contributed by atoms with Crippen molar-refractivity contribution < 1.29 is 9.59 Å². The standard InChI is InChI=1S/C14H27N3O2/c1-3-12(6-8-15)4-5-14(19)17-9-7-13(10-17)16-11(2)18/h12-13H,3-10,15H2,1-2H3,(H,16,18). The fourth-order valence-corrected chi connectivity index (χ4v) is 2.67. The van der Waals surface area contributed by atoms with Crippen LogP contribution >= 0.6 is 0 Å². The second-order valence-corrected chi connectivity index (χ2v) is 5.42. The van der Waals surface area contributed by atoms with Crippen molar-refractivity contribution in [3.8, 4) is 0 Å². The van der Waals surface area contributed by atoms with E-state index in [0.29, 0.717) is 25.4 Å². The Balaban J connectivity index is 2.29. The van der Waals surface area contributed by atoms with Gasteiger partial charge in [0.25, 0.3) is 0 Å². The zero-order chi connectivity index (χ0) is 14.3. The molecule has 0 saturated carbocycles. The van der Waals surface area contributed by atoms with E-state index in [1.807, 2.05) is 4.90 Å². The van der Waals surface area contributed by atoms with Crippen LogP contribution in [-0.4, -0.2) is 42.4 Å². The maximum absolute atomic E-state index is 12.1. The molecule has 5 nitrogen and oxygen atoms in total. The van der Waals surface area contributed by atoms with Crippen LogP contribution in [0.3, 0.4) is 0 Å². The van der Waals surface area contributed by atoms with Gasteiger partial charge in [-0.25, -0.2) is 0 Å². The van der Waals surface area contributed by atoms with Crippen LogP contribution < -0.4 is 11.1 Å². The number of nitrogens with one attached hydrogen (secondary N) is 1. The van der Waals surface area contributed by atoms with Gasteiger partial charge < -0.3 is 16.0 Å². The Bertz CT molecular complexity index is 307. The van der Waals surface area contributed by atoms with Gasteiger partial charge in [0.1, 0.15) is 0 Å². The summed E-state index contributed by atoms with van der Waals surface area (Å²) >= 11 is 0. The van der Waals surface area contributed by atoms with E-state index in [0.717, 1.165) is 32.2 Å². The Morgan fingerprint density at radius 2 is 2.16 bits per heavy atom. The van der Waals surface area contributed by atoms with Crippen LogP contribution in [0.2, 0.25) is 0 Å². The van der Waals surface area contributed by atoms with Crippen molar-refractivity contribution in [1.29, 1.82) is 0 Å². The molecule has 1 rings (SSSR count). The van der Waals surface area contributed by atoms with Crippen molar-refractivity contribution in [2.24, 2.45) is 11.7 Å². The lowest BCUT2D eigenvalue weighted by molar-refractivity contribution is -0.130. The molecule has 19 heavy (non-hydrogen) atoms. The molecule has 2 amide bonds. The van der Waals surface area contributed by atoms with Gasteiger partial charge in [-0.05, 0) is 31.7 Å². The minimum Gasteiger partial charge on any atom is -0.352 e. The second-order valence-electron chi connectivity index (χ2n) is 5.42. The Morgan fingerprint density at radius 3 is 2.74 bits per heavy atom. The number of amides is 2. The van der Waals surface area contributed by atoms with Gasteiger partial charge in [-0.3, -0.25) is 9.59 Å². The third-order valence-electron chi connectivity index (χ3n) is 3.87. The Kier molecular flexibility index (Phi) is 6.84. The smallest absolute Gasteiger partial charge is 0.222 e. The summed E-state index contributed by atoms with van der Waals surface area (Å²) in [6, 6.07) is 0.132. The van der Waals surface area contributed by atoms with Gasteiger partial charge in [-0.15, -0.1) is 0 Å². The average molecular weight is 269 g/mol. The molecule has 1 heterocycles. The van der Waals surface area contributed by atoms with Crippen molar-refractivity contribution in [3.63, 3.8) is 0 Å². The Morgan fingerprint density at radius 1 is 1.42 bits per heavy atom.